The standard InChI is InChI=1S/C42H65N15O17S2/c1-17(58)31-40(72)52-23(10-28(45)62)36(68)50-21(6-7-27(44)61)35(67)54-32(18(2)59)41(73)53-24(34(66)47-13-30(64)65)14-75-76-15-25(49-29(63)11-43)38(70)56-33(19(3)60)42(74)57-8-4-5-26(57)39(71)51-22(37(69)55-31)9-20-12-46-16-48-20/h12,16-19,21-26,31-33,58-60H,4-11,13-15,43H2,1-3H3,(H2,44,61)(H2,45,62)(H,46,48)(H,47,66)(H,49,63)(H,50,68)(H,51,71)(H,52,72)(H,53,73)(H,54,67)(H,55,69)(H,56,70)(H,64,65). The number of H-pyrrole nitrogens is 1. The Morgan fingerprint density at radius 3 is 1.83 bits per heavy atom. The minimum Gasteiger partial charge on any atom is -0.480 e. The number of nitrogens with zero attached hydrogens (tertiary/aromatic N) is 2. The van der Waals surface area contributed by atoms with Crippen molar-refractivity contribution in [1.82, 2.24) is 62.7 Å². The van der Waals surface area contributed by atoms with Gasteiger partial charge in [0.1, 0.15) is 60.9 Å². The van der Waals surface area contributed by atoms with E-state index in [-0.39, 0.29) is 37.3 Å². The summed E-state index contributed by atoms with van der Waals surface area (Å²) in [6.07, 6.45) is -4.87. The van der Waals surface area contributed by atoms with E-state index >= 15 is 0 Å². The molecule has 1 aromatic heterocycles. The number of amides is 12. The number of hydrogen-bond acceptors (Lipinski definition) is 20. The first kappa shape index (κ1) is 63.2. The third kappa shape index (κ3) is 19.9. The minimum absolute atomic E-state index is 0.0159. The predicted octanol–water partition coefficient (Wildman–Crippen LogP) is -9.34. The number of fused-ring (bicyclic) bond motifs is 1. The maximum Gasteiger partial charge on any atom is 0.322 e. The Kier molecular flexibility index (Phi) is 25.3. The summed E-state index contributed by atoms with van der Waals surface area (Å²) >= 11 is 0. The van der Waals surface area contributed by atoms with Crippen LogP contribution >= 0.6 is 21.6 Å². The van der Waals surface area contributed by atoms with Crippen LogP contribution in [0.3, 0.4) is 0 Å². The van der Waals surface area contributed by atoms with E-state index < -0.39 is 188 Å². The third-order valence-electron chi connectivity index (χ3n) is 11.4. The number of carbonyl (C=O) groups excluding carboxylic acids is 12. The zero-order valence-corrected chi connectivity index (χ0v) is 43.0. The summed E-state index contributed by atoms with van der Waals surface area (Å²) in [6, 6.07) is -15.6. The Balaban J connectivity index is 2.17. The average Bonchev–Trinajstić information content (AvgIpc) is 4.06. The van der Waals surface area contributed by atoms with Crippen molar-refractivity contribution in [2.24, 2.45) is 17.2 Å². The molecule has 0 spiro atoms. The van der Waals surface area contributed by atoms with Crippen LogP contribution in [0.15, 0.2) is 12.5 Å². The molecule has 2 aliphatic rings. The van der Waals surface area contributed by atoms with Crippen molar-refractivity contribution in [3.05, 3.63) is 18.2 Å². The lowest BCUT2D eigenvalue weighted by molar-refractivity contribution is -0.144. The molecule has 34 heteroatoms. The summed E-state index contributed by atoms with van der Waals surface area (Å²) in [7, 11) is 1.61. The number of aromatic nitrogens is 2. The van der Waals surface area contributed by atoms with Crippen LogP contribution in [0.25, 0.3) is 0 Å². The van der Waals surface area contributed by atoms with Crippen molar-refractivity contribution in [3.8, 4) is 0 Å². The molecule has 20 N–H and O–H groups in total. The van der Waals surface area contributed by atoms with Crippen LogP contribution in [0.1, 0.15) is 58.6 Å². The lowest BCUT2D eigenvalue weighted by Gasteiger charge is -2.32. The van der Waals surface area contributed by atoms with Gasteiger partial charge >= 0.3 is 5.97 Å². The van der Waals surface area contributed by atoms with Crippen molar-refractivity contribution in [2.45, 2.75) is 132 Å². The molecule has 12 amide bonds. The van der Waals surface area contributed by atoms with Gasteiger partial charge in [-0.05, 0) is 40.0 Å². The van der Waals surface area contributed by atoms with E-state index in [1.54, 1.807) is 0 Å². The Bertz CT molecular complexity index is 2290. The number of aliphatic hydroxyl groups is 3. The molecule has 32 nitrogen and oxygen atoms in total. The van der Waals surface area contributed by atoms with Crippen LogP contribution < -0.4 is 65.1 Å². The first-order valence-electron chi connectivity index (χ1n) is 23.5. The molecular formula is C42H65N15O17S2. The van der Waals surface area contributed by atoms with Crippen molar-refractivity contribution in [3.63, 3.8) is 0 Å². The number of primary amides is 2. The van der Waals surface area contributed by atoms with E-state index in [0.29, 0.717) is 0 Å². The Labute approximate surface area is 441 Å². The van der Waals surface area contributed by atoms with Crippen LogP contribution in [-0.2, 0) is 68.7 Å². The van der Waals surface area contributed by atoms with Crippen LogP contribution in [0, 0.1) is 0 Å². The van der Waals surface area contributed by atoms with E-state index in [2.05, 4.69) is 57.8 Å². The molecule has 2 aliphatic heterocycles. The maximum atomic E-state index is 14.2. The van der Waals surface area contributed by atoms with E-state index in [1.165, 1.54) is 12.5 Å². The molecule has 12 unspecified atom stereocenters. The fraction of sp³-hybridized carbons (Fsp3) is 0.619. The van der Waals surface area contributed by atoms with Gasteiger partial charge in [0.2, 0.25) is 70.9 Å². The van der Waals surface area contributed by atoms with Gasteiger partial charge in [-0.3, -0.25) is 62.3 Å². The molecule has 2 fully saturated rings. The molecule has 2 saturated heterocycles. The molecule has 76 heavy (non-hydrogen) atoms. The number of nitrogens with two attached hydrogens (primary N) is 3. The number of imidazole rings is 1. The number of aliphatic hydroxyl groups excluding tert-OH is 3. The van der Waals surface area contributed by atoms with E-state index in [0.717, 1.165) is 47.3 Å². The number of aliphatic carboxylic acids is 1. The number of hydrogen-bond donors (Lipinski definition) is 17. The molecule has 0 radical (unpaired) electrons. The van der Waals surface area contributed by atoms with Crippen molar-refractivity contribution >= 4 is 98.4 Å². The van der Waals surface area contributed by atoms with Crippen molar-refractivity contribution in [1.29, 1.82) is 0 Å². The predicted molar refractivity (Wildman–Crippen MR) is 264 cm³/mol. The molecule has 422 valence electrons. The first-order chi connectivity index (χ1) is 35.7. The van der Waals surface area contributed by atoms with Gasteiger partial charge in [0.05, 0.1) is 37.6 Å². The molecular weight excluding hydrogens is 1050 g/mol. The van der Waals surface area contributed by atoms with Gasteiger partial charge in [0, 0.05) is 42.8 Å². The number of carboxylic acid groups (broad SMARTS) is 1. The zero-order chi connectivity index (χ0) is 57.0. The summed E-state index contributed by atoms with van der Waals surface area (Å²) < 4.78 is 0. The highest BCUT2D eigenvalue weighted by Crippen LogP contribution is 2.24. The maximum absolute atomic E-state index is 14.2. The van der Waals surface area contributed by atoms with Gasteiger partial charge in [0.25, 0.3) is 0 Å². The minimum atomic E-state index is -1.98. The molecule has 0 aliphatic carbocycles. The normalized spacial score (nSPS) is 26.6. The van der Waals surface area contributed by atoms with E-state index in [9.17, 15) is 82.8 Å². The second-order valence-corrected chi connectivity index (χ2v) is 20.1. The third-order valence-corrected chi connectivity index (χ3v) is 13.8. The second-order valence-electron chi connectivity index (χ2n) is 17.6. The highest BCUT2D eigenvalue weighted by molar-refractivity contribution is 8.76. The van der Waals surface area contributed by atoms with Crippen LogP contribution in [0.5, 0.6) is 0 Å². The lowest BCUT2D eigenvalue weighted by atomic mass is 10.0. The van der Waals surface area contributed by atoms with Crippen molar-refractivity contribution in [2.75, 3.05) is 31.1 Å². The monoisotopic (exact) mass is 1120 g/mol. The smallest absolute Gasteiger partial charge is 0.322 e. The molecule has 12 atom stereocenters. The average molecular weight is 1120 g/mol. The lowest BCUT2D eigenvalue weighted by Crippen LogP contribution is -2.63. The second kappa shape index (κ2) is 30.4. The fourth-order valence-electron chi connectivity index (χ4n) is 7.43. The molecule has 0 bridgehead atoms. The summed E-state index contributed by atoms with van der Waals surface area (Å²) in [5.74, 6) is -15.6. The Morgan fingerprint density at radius 1 is 0.724 bits per heavy atom. The first-order valence-corrected chi connectivity index (χ1v) is 26.0. The van der Waals surface area contributed by atoms with Gasteiger partial charge < -0.3 is 95.4 Å². The Hall–Kier alpha value is -7.14. The molecule has 0 aromatic carbocycles. The summed E-state index contributed by atoms with van der Waals surface area (Å²) in [5.41, 5.74) is 16.5. The van der Waals surface area contributed by atoms with Crippen LogP contribution in [0.2, 0.25) is 0 Å². The van der Waals surface area contributed by atoms with Gasteiger partial charge in [0.15, 0.2) is 0 Å². The quantitative estimate of drug-likeness (QED) is 0.0725. The van der Waals surface area contributed by atoms with Crippen LogP contribution in [0.4, 0.5) is 0 Å². The Morgan fingerprint density at radius 2 is 1.28 bits per heavy atom. The zero-order valence-electron chi connectivity index (χ0n) is 41.4. The van der Waals surface area contributed by atoms with Gasteiger partial charge in [-0.25, -0.2) is 4.98 Å². The topological polar surface area (TPSA) is 521 Å². The molecule has 3 heterocycles. The van der Waals surface area contributed by atoms with Gasteiger partial charge in [-0.15, -0.1) is 0 Å². The summed E-state index contributed by atoms with van der Waals surface area (Å²) in [6.45, 7) is 1.65. The fourth-order valence-corrected chi connectivity index (χ4v) is 9.76. The van der Waals surface area contributed by atoms with Gasteiger partial charge in [-0.1, -0.05) is 21.6 Å². The number of rotatable bonds is 15. The van der Waals surface area contributed by atoms with E-state index in [1.807, 2.05) is 0 Å². The highest BCUT2D eigenvalue weighted by atomic mass is 33.1. The largest absolute Gasteiger partial charge is 0.480 e. The summed E-state index contributed by atoms with van der Waals surface area (Å²) in [5, 5.41) is 62.1. The van der Waals surface area contributed by atoms with Gasteiger partial charge in [-0.2, -0.15) is 0 Å². The number of aromatic amines is 1. The van der Waals surface area contributed by atoms with E-state index in [4.69, 9.17) is 17.2 Å². The number of nitrogens with one attached hydrogen (secondary N) is 10. The number of carbonyl (C=O) groups is 13. The van der Waals surface area contributed by atoms with Crippen LogP contribution in [-0.4, -0.2) is 216 Å². The summed E-state index contributed by atoms with van der Waals surface area (Å²) in [4.78, 5) is 181. The highest BCUT2D eigenvalue weighted by Gasteiger charge is 2.42. The van der Waals surface area contributed by atoms with Crippen molar-refractivity contribution < 1.29 is 82.8 Å². The molecule has 3 rings (SSSR count). The molecule has 1 aromatic rings. The molecule has 0 saturated carbocycles. The SMILES string of the molecule is CC(O)C1NC(=O)C(CCC(N)=O)NC(=O)C(CC(N)=O)NC(=O)C(C(C)O)NC(=O)C(Cc2cnc[nH]2)NC(=O)C2CCCN2C(=O)C(C(C)O)NC(=O)C(NC(=O)CN)CSSCC(C(=O)NCC(=O)O)NC1=O. The number of carboxylic acids is 1.